The van der Waals surface area contributed by atoms with E-state index in [2.05, 4.69) is 9.98 Å². The highest BCUT2D eigenvalue weighted by Gasteiger charge is 1.99. The third-order valence-corrected chi connectivity index (χ3v) is 1.59. The number of methoxy groups -OCH3 is 1. The van der Waals surface area contributed by atoms with E-state index in [1.165, 1.54) is 13.3 Å². The van der Waals surface area contributed by atoms with E-state index in [0.29, 0.717) is 0 Å². The fourth-order valence-corrected chi connectivity index (χ4v) is 0.836. The lowest BCUT2D eigenvalue weighted by Gasteiger charge is -1.97. The van der Waals surface area contributed by atoms with Crippen molar-refractivity contribution in [2.24, 2.45) is 10.7 Å². The molecule has 0 bridgehead atoms. The molecule has 0 amide bonds. The lowest BCUT2D eigenvalue weighted by atomic mass is 10.3. The monoisotopic (exact) mass is 202 g/mol. The lowest BCUT2D eigenvalue weighted by molar-refractivity contribution is 0.284. The smallest absolute Gasteiger partial charge is 0.221 e. The predicted octanol–water partition coefficient (Wildman–Crippen LogP) is 0.798. The number of hydrogen-bond donors (Lipinski definition) is 1. The van der Waals surface area contributed by atoms with Crippen LogP contribution < -0.4 is 5.73 Å². The van der Waals surface area contributed by atoms with Crippen molar-refractivity contribution < 1.29 is 4.74 Å². The zero-order valence-electron chi connectivity index (χ0n) is 8.21. The Bertz CT molecular complexity index is 417. The minimum Gasteiger partial charge on any atom is -0.481 e. The summed E-state index contributed by atoms with van der Waals surface area (Å²) in [6, 6.07) is 5.42. The predicted molar refractivity (Wildman–Crippen MR) is 55.7 cm³/mol. The molecular weight excluding hydrogens is 192 g/mol. The number of ether oxygens (including phenoxy) is 1. The summed E-state index contributed by atoms with van der Waals surface area (Å²) in [7, 11) is 1.38. The minimum absolute atomic E-state index is 0.00218. The van der Waals surface area contributed by atoms with E-state index in [-0.39, 0.29) is 11.6 Å². The van der Waals surface area contributed by atoms with E-state index >= 15 is 0 Å². The number of nitrogens with zero attached hydrogens (tertiary/aromatic N) is 3. The molecule has 0 aliphatic rings. The summed E-state index contributed by atoms with van der Waals surface area (Å²) >= 11 is 0. The third kappa shape index (κ3) is 3.12. The first kappa shape index (κ1) is 10.7. The highest BCUT2D eigenvalue weighted by atomic mass is 16.5. The van der Waals surface area contributed by atoms with Gasteiger partial charge in [-0.1, -0.05) is 6.07 Å². The molecule has 5 heteroatoms. The average Bonchev–Trinajstić information content (AvgIpc) is 2.31. The fraction of sp³-hybridized carbons (Fsp3) is 0.100. The van der Waals surface area contributed by atoms with Crippen LogP contribution in [0.3, 0.4) is 0 Å². The van der Waals surface area contributed by atoms with Crippen molar-refractivity contribution in [1.29, 1.82) is 5.26 Å². The molecular formula is C10H10N4O. The minimum atomic E-state index is -0.00218. The van der Waals surface area contributed by atoms with E-state index in [1.807, 2.05) is 12.1 Å². The van der Waals surface area contributed by atoms with E-state index in [4.69, 9.17) is 15.7 Å². The van der Waals surface area contributed by atoms with Gasteiger partial charge in [0.15, 0.2) is 5.70 Å². The van der Waals surface area contributed by atoms with Crippen molar-refractivity contribution in [3.8, 4) is 6.07 Å². The van der Waals surface area contributed by atoms with Gasteiger partial charge in [-0.05, 0) is 6.07 Å². The maximum absolute atomic E-state index is 8.71. The molecule has 0 aliphatic carbocycles. The first-order valence-electron chi connectivity index (χ1n) is 4.16. The summed E-state index contributed by atoms with van der Waals surface area (Å²) in [6.07, 6.45) is 4.78. The highest BCUT2D eigenvalue weighted by molar-refractivity contribution is 5.80. The van der Waals surface area contributed by atoms with Crippen molar-refractivity contribution in [1.82, 2.24) is 4.98 Å². The number of hydrogen-bond acceptors (Lipinski definition) is 5. The van der Waals surface area contributed by atoms with E-state index in [1.54, 1.807) is 18.5 Å². The molecule has 0 unspecified atom stereocenters. The maximum atomic E-state index is 8.71. The Hall–Kier alpha value is -2.35. The van der Waals surface area contributed by atoms with Crippen molar-refractivity contribution >= 4 is 6.21 Å². The van der Waals surface area contributed by atoms with E-state index in [0.717, 1.165) is 5.56 Å². The molecule has 76 valence electrons. The normalized spacial score (nSPS) is 12.0. The van der Waals surface area contributed by atoms with Gasteiger partial charge in [0.25, 0.3) is 0 Å². The molecule has 5 nitrogen and oxygen atoms in total. The second-order valence-electron chi connectivity index (χ2n) is 2.57. The number of aromatic nitrogens is 1. The van der Waals surface area contributed by atoms with Gasteiger partial charge >= 0.3 is 0 Å². The molecule has 2 N–H and O–H groups in total. The molecule has 0 saturated carbocycles. The van der Waals surface area contributed by atoms with Crippen molar-refractivity contribution in [3.05, 3.63) is 41.7 Å². The number of nitrogens with two attached hydrogens (primary N) is 1. The average molecular weight is 202 g/mol. The van der Waals surface area contributed by atoms with Gasteiger partial charge in [0.05, 0.1) is 7.11 Å². The third-order valence-electron chi connectivity index (χ3n) is 1.59. The number of pyridine rings is 1. The van der Waals surface area contributed by atoms with Crippen molar-refractivity contribution in [2.75, 3.05) is 7.11 Å². The van der Waals surface area contributed by atoms with Crippen LogP contribution in [0.5, 0.6) is 0 Å². The van der Waals surface area contributed by atoms with Gasteiger partial charge in [0.1, 0.15) is 6.07 Å². The summed E-state index contributed by atoms with van der Waals surface area (Å²) in [5.41, 5.74) is 6.23. The summed E-state index contributed by atoms with van der Waals surface area (Å²) in [5, 5.41) is 8.71. The van der Waals surface area contributed by atoms with Crippen molar-refractivity contribution in [3.63, 3.8) is 0 Å². The summed E-state index contributed by atoms with van der Waals surface area (Å²) < 4.78 is 4.70. The van der Waals surface area contributed by atoms with Gasteiger partial charge < -0.3 is 10.5 Å². The van der Waals surface area contributed by atoms with Gasteiger partial charge in [0.2, 0.25) is 5.88 Å². The SMILES string of the molecule is CO/C(N)=C(\C#N)N=Cc1cccnc1. The van der Waals surface area contributed by atoms with Gasteiger partial charge in [-0.25, -0.2) is 4.99 Å². The van der Waals surface area contributed by atoms with E-state index in [9.17, 15) is 0 Å². The highest BCUT2D eigenvalue weighted by Crippen LogP contribution is 2.01. The lowest BCUT2D eigenvalue weighted by Crippen LogP contribution is -2.02. The Kier molecular flexibility index (Phi) is 3.86. The Balaban J connectivity index is 2.87. The number of allylic oxidation sites excluding steroid dienone is 1. The molecule has 0 saturated heterocycles. The first-order valence-corrected chi connectivity index (χ1v) is 4.16. The summed E-state index contributed by atoms with van der Waals surface area (Å²) in [6.45, 7) is 0. The first-order chi connectivity index (χ1) is 7.27. The van der Waals surface area contributed by atoms with Crippen LogP contribution >= 0.6 is 0 Å². The second kappa shape index (κ2) is 5.40. The fourth-order valence-electron chi connectivity index (χ4n) is 0.836. The van der Waals surface area contributed by atoms with Crippen LogP contribution in [0.15, 0.2) is 41.1 Å². The van der Waals surface area contributed by atoms with Crippen LogP contribution in [0.25, 0.3) is 0 Å². The van der Waals surface area contributed by atoms with Gasteiger partial charge in [-0.2, -0.15) is 5.26 Å². The van der Waals surface area contributed by atoms with Gasteiger partial charge in [-0.3, -0.25) is 4.98 Å². The second-order valence-corrected chi connectivity index (χ2v) is 2.57. The largest absolute Gasteiger partial charge is 0.481 e. The molecule has 15 heavy (non-hydrogen) atoms. The molecule has 0 radical (unpaired) electrons. The number of nitriles is 1. The van der Waals surface area contributed by atoms with Crippen LogP contribution in [0.2, 0.25) is 0 Å². The van der Waals surface area contributed by atoms with Crippen molar-refractivity contribution in [2.45, 2.75) is 0 Å². The molecule has 1 aromatic rings. The van der Waals surface area contributed by atoms with Crippen LogP contribution in [-0.2, 0) is 4.74 Å². The molecule has 0 aliphatic heterocycles. The van der Waals surface area contributed by atoms with Crippen LogP contribution in [0, 0.1) is 11.3 Å². The molecule has 1 rings (SSSR count). The molecule has 0 aromatic carbocycles. The molecule has 1 aromatic heterocycles. The number of rotatable bonds is 3. The van der Waals surface area contributed by atoms with E-state index < -0.39 is 0 Å². The maximum Gasteiger partial charge on any atom is 0.221 e. The molecule has 0 fully saturated rings. The van der Waals surface area contributed by atoms with Gasteiger partial charge in [0, 0.05) is 24.2 Å². The molecule has 0 spiro atoms. The van der Waals surface area contributed by atoms with Crippen LogP contribution in [0.1, 0.15) is 5.56 Å². The Morgan fingerprint density at radius 2 is 2.53 bits per heavy atom. The topological polar surface area (TPSA) is 84.3 Å². The van der Waals surface area contributed by atoms with Crippen LogP contribution in [-0.4, -0.2) is 18.3 Å². The molecule has 1 heterocycles. The summed E-state index contributed by atoms with van der Waals surface area (Å²) in [4.78, 5) is 7.79. The quantitative estimate of drug-likeness (QED) is 0.446. The van der Waals surface area contributed by atoms with Gasteiger partial charge in [-0.15, -0.1) is 0 Å². The Morgan fingerprint density at radius 1 is 1.73 bits per heavy atom. The number of aliphatic imine (C=N–C) groups is 1. The Labute approximate surface area is 87.5 Å². The summed E-state index contributed by atoms with van der Waals surface area (Å²) in [5.74, 6) is -0.00218. The standard InChI is InChI=1S/C10H10N4O/c1-15-10(12)9(5-11)14-7-8-3-2-4-13-6-8/h2-4,6-7H,12H2,1H3/b10-9+,14-7?. The molecule has 0 atom stereocenters. The van der Waals surface area contributed by atoms with Crippen LogP contribution in [0.4, 0.5) is 0 Å². The zero-order valence-corrected chi connectivity index (χ0v) is 8.21. The Morgan fingerprint density at radius 3 is 3.07 bits per heavy atom. The zero-order chi connectivity index (χ0) is 11.1.